The summed E-state index contributed by atoms with van der Waals surface area (Å²) in [5.74, 6) is -0.331. The van der Waals surface area contributed by atoms with Crippen LogP contribution < -0.4 is 0 Å². The Hall–Kier alpha value is -1.57. The van der Waals surface area contributed by atoms with E-state index in [-0.39, 0.29) is 16.2 Å². The third-order valence-corrected chi connectivity index (χ3v) is 7.43. The summed E-state index contributed by atoms with van der Waals surface area (Å²) in [4.78, 5) is 11.1. The molecule has 0 bridgehead atoms. The van der Waals surface area contributed by atoms with E-state index in [1.165, 1.54) is 41.2 Å². The fourth-order valence-electron chi connectivity index (χ4n) is 5.63. The van der Waals surface area contributed by atoms with Gasteiger partial charge in [-0.15, -0.1) is 0 Å². The number of hydrogen-bond donors (Lipinski definition) is 1. The zero-order valence-corrected chi connectivity index (χ0v) is 16.2. The third kappa shape index (κ3) is 2.40. The Morgan fingerprint density at radius 3 is 2.20 bits per heavy atom. The molecule has 25 heavy (non-hydrogen) atoms. The first-order valence-electron chi connectivity index (χ1n) is 9.66. The summed E-state index contributed by atoms with van der Waals surface area (Å²) >= 11 is 0. The van der Waals surface area contributed by atoms with Crippen LogP contribution in [0.25, 0.3) is 0 Å². The standard InChI is InChI=1S/C23H30O2/c1-14-10-17-18(22(4,5)9-8-21(17,2)3)12-16(14)23-7-6-15(11-20(24)25)19(23)13-23/h10-12,19H,6-9,13H2,1-5H3,(H,24,25). The van der Waals surface area contributed by atoms with Gasteiger partial charge in [0.05, 0.1) is 0 Å². The molecule has 2 atom stereocenters. The normalized spacial score (nSPS) is 33.0. The molecule has 0 aliphatic heterocycles. The average Bonchev–Trinajstić information content (AvgIpc) is 3.15. The van der Waals surface area contributed by atoms with Crippen LogP contribution in [-0.2, 0) is 21.0 Å². The topological polar surface area (TPSA) is 37.3 Å². The minimum absolute atomic E-state index is 0.220. The Morgan fingerprint density at radius 1 is 1.04 bits per heavy atom. The number of hydrogen-bond acceptors (Lipinski definition) is 1. The Bertz CT molecular complexity index is 797. The molecule has 3 aliphatic rings. The molecule has 1 aromatic carbocycles. The minimum atomic E-state index is -0.789. The summed E-state index contributed by atoms with van der Waals surface area (Å²) in [5.41, 5.74) is 7.81. The molecule has 0 heterocycles. The van der Waals surface area contributed by atoms with E-state index < -0.39 is 5.97 Å². The molecule has 3 aliphatic carbocycles. The largest absolute Gasteiger partial charge is 0.478 e. The quantitative estimate of drug-likeness (QED) is 0.732. The molecule has 0 spiro atoms. The summed E-state index contributed by atoms with van der Waals surface area (Å²) in [6, 6.07) is 4.96. The zero-order chi connectivity index (χ0) is 18.2. The lowest BCUT2D eigenvalue weighted by molar-refractivity contribution is -0.131. The summed E-state index contributed by atoms with van der Waals surface area (Å²) in [6.45, 7) is 11.8. The highest BCUT2D eigenvalue weighted by molar-refractivity contribution is 5.81. The molecule has 0 aromatic heterocycles. The number of rotatable bonds is 2. The number of carbonyl (C=O) groups is 1. The van der Waals surface area contributed by atoms with E-state index >= 15 is 0 Å². The Balaban J connectivity index is 1.81. The maximum absolute atomic E-state index is 11.1. The van der Waals surface area contributed by atoms with Crippen LogP contribution in [0.2, 0.25) is 0 Å². The maximum atomic E-state index is 11.1. The van der Waals surface area contributed by atoms with Gasteiger partial charge in [-0.3, -0.25) is 0 Å². The van der Waals surface area contributed by atoms with Crippen molar-refractivity contribution in [2.45, 2.75) is 83.0 Å². The first kappa shape index (κ1) is 16.9. The van der Waals surface area contributed by atoms with Gasteiger partial charge in [0.25, 0.3) is 0 Å². The van der Waals surface area contributed by atoms with E-state index in [2.05, 4.69) is 46.8 Å². The van der Waals surface area contributed by atoms with Crippen molar-refractivity contribution < 1.29 is 9.90 Å². The van der Waals surface area contributed by atoms with E-state index in [9.17, 15) is 4.79 Å². The highest BCUT2D eigenvalue weighted by Crippen LogP contribution is 2.67. The monoisotopic (exact) mass is 338 g/mol. The van der Waals surface area contributed by atoms with E-state index in [4.69, 9.17) is 5.11 Å². The number of carboxylic acids is 1. The van der Waals surface area contributed by atoms with Crippen molar-refractivity contribution in [1.82, 2.24) is 0 Å². The molecule has 2 unspecified atom stereocenters. The molecule has 0 radical (unpaired) electrons. The van der Waals surface area contributed by atoms with Crippen LogP contribution in [0.3, 0.4) is 0 Å². The second kappa shape index (κ2) is 4.99. The summed E-state index contributed by atoms with van der Waals surface area (Å²) in [5, 5.41) is 9.13. The molecule has 1 N–H and O–H groups in total. The summed E-state index contributed by atoms with van der Waals surface area (Å²) < 4.78 is 0. The van der Waals surface area contributed by atoms with E-state index in [0.29, 0.717) is 5.92 Å². The Labute approximate surface area is 151 Å². The van der Waals surface area contributed by atoms with Gasteiger partial charge in [-0.1, -0.05) is 45.4 Å². The first-order chi connectivity index (χ1) is 11.6. The molecule has 4 rings (SSSR count). The lowest BCUT2D eigenvalue weighted by Crippen LogP contribution is -2.34. The smallest absolute Gasteiger partial charge is 0.328 e. The van der Waals surface area contributed by atoms with E-state index in [1.807, 2.05) is 0 Å². The van der Waals surface area contributed by atoms with Gasteiger partial charge in [0, 0.05) is 11.5 Å². The lowest BCUT2D eigenvalue weighted by atomic mass is 9.62. The van der Waals surface area contributed by atoms with Gasteiger partial charge in [-0.05, 0) is 78.0 Å². The molecule has 2 heteroatoms. The van der Waals surface area contributed by atoms with E-state index in [0.717, 1.165) is 24.8 Å². The third-order valence-electron chi connectivity index (χ3n) is 7.43. The van der Waals surface area contributed by atoms with Crippen molar-refractivity contribution in [3.63, 3.8) is 0 Å². The van der Waals surface area contributed by atoms with Gasteiger partial charge >= 0.3 is 5.97 Å². The van der Waals surface area contributed by atoms with Gasteiger partial charge in [0.15, 0.2) is 0 Å². The molecule has 2 nitrogen and oxygen atoms in total. The fourth-order valence-corrected chi connectivity index (χ4v) is 5.63. The van der Waals surface area contributed by atoms with Crippen molar-refractivity contribution in [2.75, 3.05) is 0 Å². The van der Waals surface area contributed by atoms with Crippen LogP contribution in [0.15, 0.2) is 23.8 Å². The first-order valence-corrected chi connectivity index (χ1v) is 9.66. The molecule has 2 saturated carbocycles. The number of carboxylic acid groups (broad SMARTS) is 1. The van der Waals surface area contributed by atoms with E-state index in [1.54, 1.807) is 0 Å². The molecule has 2 fully saturated rings. The highest BCUT2D eigenvalue weighted by atomic mass is 16.4. The second-order valence-electron chi connectivity index (χ2n) is 9.95. The van der Waals surface area contributed by atoms with Crippen LogP contribution in [0.1, 0.15) is 82.1 Å². The zero-order valence-electron chi connectivity index (χ0n) is 16.2. The Morgan fingerprint density at radius 2 is 1.64 bits per heavy atom. The van der Waals surface area contributed by atoms with Crippen molar-refractivity contribution >= 4 is 5.97 Å². The van der Waals surface area contributed by atoms with Gasteiger partial charge in [-0.2, -0.15) is 0 Å². The van der Waals surface area contributed by atoms with Gasteiger partial charge in [-0.25, -0.2) is 4.79 Å². The number of aliphatic carboxylic acids is 1. The molecule has 0 amide bonds. The number of allylic oxidation sites excluding steroid dienone is 1. The van der Waals surface area contributed by atoms with Crippen LogP contribution >= 0.6 is 0 Å². The molecule has 134 valence electrons. The second-order valence-corrected chi connectivity index (χ2v) is 9.95. The maximum Gasteiger partial charge on any atom is 0.328 e. The van der Waals surface area contributed by atoms with Gasteiger partial charge in [0.2, 0.25) is 0 Å². The predicted molar refractivity (Wildman–Crippen MR) is 101 cm³/mol. The van der Waals surface area contributed by atoms with Gasteiger partial charge in [0.1, 0.15) is 0 Å². The SMILES string of the molecule is Cc1cc2c(cc1C13CCC(=CC(=O)O)C1C3)C(C)(C)CCC2(C)C. The van der Waals surface area contributed by atoms with Crippen LogP contribution in [0.5, 0.6) is 0 Å². The van der Waals surface area contributed by atoms with Crippen LogP contribution in [-0.4, -0.2) is 11.1 Å². The lowest BCUT2D eigenvalue weighted by Gasteiger charge is -2.43. The predicted octanol–water partition coefficient (Wildman–Crippen LogP) is 5.41. The molecular weight excluding hydrogens is 308 g/mol. The van der Waals surface area contributed by atoms with Crippen molar-refractivity contribution in [3.8, 4) is 0 Å². The number of benzene rings is 1. The highest BCUT2D eigenvalue weighted by Gasteiger charge is 2.61. The molecule has 0 saturated heterocycles. The number of fused-ring (bicyclic) bond motifs is 2. The van der Waals surface area contributed by atoms with Crippen molar-refractivity contribution in [3.05, 3.63) is 46.0 Å². The summed E-state index contributed by atoms with van der Waals surface area (Å²) in [6.07, 6.45) is 7.14. The molecular formula is C23H30O2. The average molecular weight is 338 g/mol. The van der Waals surface area contributed by atoms with Crippen LogP contribution in [0.4, 0.5) is 0 Å². The molecule has 1 aromatic rings. The van der Waals surface area contributed by atoms with Crippen molar-refractivity contribution in [2.24, 2.45) is 5.92 Å². The fraction of sp³-hybridized carbons (Fsp3) is 0.609. The summed E-state index contributed by atoms with van der Waals surface area (Å²) in [7, 11) is 0. The minimum Gasteiger partial charge on any atom is -0.478 e. The van der Waals surface area contributed by atoms with Gasteiger partial charge < -0.3 is 5.11 Å². The van der Waals surface area contributed by atoms with Crippen LogP contribution in [0, 0.1) is 12.8 Å². The Kier molecular flexibility index (Phi) is 3.37. The van der Waals surface area contributed by atoms with Crippen molar-refractivity contribution in [1.29, 1.82) is 0 Å². The number of aryl methyl sites for hydroxylation is 1.